The summed E-state index contributed by atoms with van der Waals surface area (Å²) in [5, 5.41) is 5.75. The van der Waals surface area contributed by atoms with Crippen LogP contribution in [0.15, 0.2) is 42.5 Å². The van der Waals surface area contributed by atoms with Crippen LogP contribution in [0.4, 0.5) is 4.39 Å². The smallest absolute Gasteiger partial charge is 0.254 e. The zero-order chi connectivity index (χ0) is 20.8. The van der Waals surface area contributed by atoms with Crippen LogP contribution in [0.3, 0.4) is 0 Å². The third kappa shape index (κ3) is 3.06. The van der Waals surface area contributed by atoms with Gasteiger partial charge in [0.05, 0.1) is 11.5 Å². The van der Waals surface area contributed by atoms with Crippen LogP contribution < -0.4 is 15.4 Å². The molecule has 30 heavy (non-hydrogen) atoms. The predicted molar refractivity (Wildman–Crippen MR) is 111 cm³/mol. The van der Waals surface area contributed by atoms with Gasteiger partial charge < -0.3 is 15.4 Å². The van der Waals surface area contributed by atoms with Gasteiger partial charge in [0.15, 0.2) is 0 Å². The highest BCUT2D eigenvalue weighted by Gasteiger charge is 2.53. The van der Waals surface area contributed by atoms with Crippen LogP contribution >= 0.6 is 0 Å². The molecule has 2 aromatic rings. The van der Waals surface area contributed by atoms with E-state index in [-0.39, 0.29) is 29.3 Å². The fourth-order valence-corrected chi connectivity index (χ4v) is 5.31. The molecule has 0 radical (unpaired) electrons. The van der Waals surface area contributed by atoms with Crippen molar-refractivity contribution < 1.29 is 18.7 Å². The molecule has 0 bridgehead atoms. The lowest BCUT2D eigenvalue weighted by atomic mass is 9.86. The highest BCUT2D eigenvalue weighted by molar-refractivity contribution is 6.02. The van der Waals surface area contributed by atoms with Crippen LogP contribution in [-0.4, -0.2) is 37.7 Å². The summed E-state index contributed by atoms with van der Waals surface area (Å²) >= 11 is 0. The van der Waals surface area contributed by atoms with E-state index in [1.165, 1.54) is 26.3 Å². The molecule has 2 aliphatic carbocycles. The second kappa shape index (κ2) is 7.42. The van der Waals surface area contributed by atoms with Crippen LogP contribution in [0.25, 0.3) is 0 Å². The third-order valence-corrected chi connectivity index (χ3v) is 6.84. The van der Waals surface area contributed by atoms with E-state index >= 15 is 0 Å². The van der Waals surface area contributed by atoms with Crippen LogP contribution in [0, 0.1) is 11.8 Å². The Balaban J connectivity index is 1.54. The Kier molecular flexibility index (Phi) is 4.72. The summed E-state index contributed by atoms with van der Waals surface area (Å²) in [6.45, 7) is -0.686. The largest absolute Gasteiger partial charge is 0.486 e. The van der Waals surface area contributed by atoms with Gasteiger partial charge >= 0.3 is 0 Å². The van der Waals surface area contributed by atoms with Crippen LogP contribution in [0.2, 0.25) is 0 Å². The van der Waals surface area contributed by atoms with Crippen molar-refractivity contribution in [2.24, 2.45) is 11.8 Å². The summed E-state index contributed by atoms with van der Waals surface area (Å²) in [5.74, 6) is 0.651. The van der Waals surface area contributed by atoms with Gasteiger partial charge in [-0.25, -0.2) is 4.39 Å². The van der Waals surface area contributed by atoms with Crippen LogP contribution in [0.5, 0.6) is 5.75 Å². The normalized spacial score (nSPS) is 28.3. The van der Waals surface area contributed by atoms with Gasteiger partial charge in [-0.05, 0) is 42.4 Å². The SMILES string of the molecule is CNC(=O)c1cc(C(=O)NC2C3CCCC32)cc2c1OC(CF)C2c1ccccc1. The number of fused-ring (bicyclic) bond motifs is 2. The predicted octanol–water partition coefficient (Wildman–Crippen LogP) is 3.44. The van der Waals surface area contributed by atoms with Crippen molar-refractivity contribution in [3.05, 3.63) is 64.7 Å². The van der Waals surface area contributed by atoms with Gasteiger partial charge in [-0.2, -0.15) is 0 Å². The van der Waals surface area contributed by atoms with Gasteiger partial charge in [0, 0.05) is 24.2 Å². The number of carbonyl (C=O) groups is 2. The average Bonchev–Trinajstić information content (AvgIpc) is 3.14. The topological polar surface area (TPSA) is 67.4 Å². The molecule has 2 amide bonds. The highest BCUT2D eigenvalue weighted by Crippen LogP contribution is 2.52. The lowest BCUT2D eigenvalue weighted by Gasteiger charge is -2.16. The highest BCUT2D eigenvalue weighted by atomic mass is 19.1. The number of carbonyl (C=O) groups excluding carboxylic acids is 2. The maximum absolute atomic E-state index is 13.9. The van der Waals surface area contributed by atoms with E-state index in [0.717, 1.165) is 5.56 Å². The average molecular weight is 408 g/mol. The summed E-state index contributed by atoms with van der Waals surface area (Å²) in [6, 6.07) is 13.1. The van der Waals surface area contributed by atoms with Crippen LogP contribution in [0.1, 0.15) is 57.0 Å². The molecule has 0 spiro atoms. The molecule has 1 heterocycles. The van der Waals surface area contributed by atoms with E-state index in [9.17, 15) is 14.0 Å². The molecule has 0 saturated heterocycles. The molecule has 2 N–H and O–H groups in total. The minimum atomic E-state index is -0.730. The summed E-state index contributed by atoms with van der Waals surface area (Å²) < 4.78 is 19.8. The standard InChI is InChI=1S/C24H25FN2O3/c1-26-24(29)18-11-14(23(28)27-21-15-8-5-9-16(15)21)10-17-20(13-6-3-2-4-7-13)19(12-25)30-22(17)18/h2-4,6-7,10-11,15-16,19-21H,5,8-9,12H2,1H3,(H,26,29)(H,27,28). The minimum absolute atomic E-state index is 0.183. The molecular weight excluding hydrogens is 383 g/mol. The molecule has 3 aliphatic rings. The molecule has 156 valence electrons. The van der Waals surface area contributed by atoms with E-state index in [1.807, 2.05) is 30.3 Å². The van der Waals surface area contributed by atoms with Crippen molar-refractivity contribution in [1.82, 2.24) is 10.6 Å². The third-order valence-electron chi connectivity index (χ3n) is 6.84. The number of amides is 2. The summed E-state index contributed by atoms with van der Waals surface area (Å²) in [7, 11) is 1.53. The first-order valence-corrected chi connectivity index (χ1v) is 10.6. The fourth-order valence-electron chi connectivity index (χ4n) is 5.31. The fraction of sp³-hybridized carbons (Fsp3) is 0.417. The first-order valence-electron chi connectivity index (χ1n) is 10.6. The maximum Gasteiger partial charge on any atom is 0.254 e. The zero-order valence-electron chi connectivity index (χ0n) is 16.9. The molecule has 2 aromatic carbocycles. The van der Waals surface area contributed by atoms with E-state index in [1.54, 1.807) is 12.1 Å². The minimum Gasteiger partial charge on any atom is -0.486 e. The molecule has 5 nitrogen and oxygen atoms in total. The molecule has 1 aliphatic heterocycles. The zero-order valence-corrected chi connectivity index (χ0v) is 16.9. The second-order valence-electron chi connectivity index (χ2n) is 8.48. The van der Waals surface area contributed by atoms with Crippen molar-refractivity contribution in [2.75, 3.05) is 13.7 Å². The lowest BCUT2D eigenvalue weighted by Crippen LogP contribution is -2.29. The Morgan fingerprint density at radius 3 is 2.50 bits per heavy atom. The van der Waals surface area contributed by atoms with E-state index in [2.05, 4.69) is 10.6 Å². The molecule has 6 heteroatoms. The molecule has 2 fully saturated rings. The summed E-state index contributed by atoms with van der Waals surface area (Å²) in [5.41, 5.74) is 2.27. The Labute approximate surface area is 175 Å². The van der Waals surface area contributed by atoms with Crippen molar-refractivity contribution in [2.45, 2.75) is 37.3 Å². The van der Waals surface area contributed by atoms with Crippen molar-refractivity contribution >= 4 is 11.8 Å². The van der Waals surface area contributed by atoms with Gasteiger partial charge in [-0.1, -0.05) is 36.8 Å². The van der Waals surface area contributed by atoms with E-state index in [0.29, 0.717) is 28.7 Å². The number of benzene rings is 2. The number of hydrogen-bond donors (Lipinski definition) is 2. The Bertz CT molecular complexity index is 983. The summed E-state index contributed by atoms with van der Waals surface area (Å²) in [4.78, 5) is 25.6. The first kappa shape index (κ1) is 19.1. The summed E-state index contributed by atoms with van der Waals surface area (Å²) in [6.07, 6.45) is 2.85. The Morgan fingerprint density at radius 2 is 1.83 bits per heavy atom. The van der Waals surface area contributed by atoms with Gasteiger partial charge in [-0.3, -0.25) is 9.59 Å². The van der Waals surface area contributed by atoms with Gasteiger partial charge in [-0.15, -0.1) is 0 Å². The monoisotopic (exact) mass is 408 g/mol. The molecule has 4 unspecified atom stereocenters. The molecule has 5 rings (SSSR count). The van der Waals surface area contributed by atoms with E-state index < -0.39 is 12.8 Å². The molecule has 0 aromatic heterocycles. The molecule has 4 atom stereocenters. The van der Waals surface area contributed by atoms with E-state index in [4.69, 9.17) is 4.74 Å². The number of alkyl halides is 1. The molecular formula is C24H25FN2O3. The number of nitrogens with one attached hydrogen (secondary N) is 2. The Hall–Kier alpha value is -2.89. The number of halogens is 1. The van der Waals surface area contributed by atoms with Crippen molar-refractivity contribution in [1.29, 1.82) is 0 Å². The van der Waals surface area contributed by atoms with Crippen LogP contribution in [-0.2, 0) is 0 Å². The molecule has 2 saturated carbocycles. The Morgan fingerprint density at radius 1 is 1.10 bits per heavy atom. The number of rotatable bonds is 5. The maximum atomic E-state index is 13.9. The van der Waals surface area contributed by atoms with Crippen molar-refractivity contribution in [3.63, 3.8) is 0 Å². The number of hydrogen-bond acceptors (Lipinski definition) is 3. The second-order valence-corrected chi connectivity index (χ2v) is 8.48. The lowest BCUT2D eigenvalue weighted by molar-refractivity contribution is 0.0946. The van der Waals surface area contributed by atoms with Gasteiger partial charge in [0.25, 0.3) is 11.8 Å². The van der Waals surface area contributed by atoms with Gasteiger partial charge in [0.1, 0.15) is 18.5 Å². The first-order chi connectivity index (χ1) is 14.6. The van der Waals surface area contributed by atoms with Gasteiger partial charge in [0.2, 0.25) is 0 Å². The quantitative estimate of drug-likeness (QED) is 0.797. The van der Waals surface area contributed by atoms with Crippen molar-refractivity contribution in [3.8, 4) is 5.75 Å². The number of ether oxygens (including phenoxy) is 1.